The molecule has 0 aliphatic carbocycles. The van der Waals surface area contributed by atoms with E-state index in [1.807, 2.05) is 0 Å². The molecule has 0 heterocycles. The molecule has 0 fully saturated rings. The maximum Gasteiger partial charge on any atom is 0 e. The van der Waals surface area contributed by atoms with Crippen molar-refractivity contribution in [2.75, 3.05) is 0 Å². The van der Waals surface area contributed by atoms with Gasteiger partial charge >= 0.3 is 0 Å². The fraction of sp³-hybridized carbons (Fsp3) is 0. The molecule has 0 nitrogen and oxygen atoms in total. The van der Waals surface area contributed by atoms with Crippen molar-refractivity contribution in [3.8, 4) is 0 Å². The van der Waals surface area contributed by atoms with Crippen LogP contribution < -0.4 is 0 Å². The summed E-state index contributed by atoms with van der Waals surface area (Å²) in [4.78, 5) is 0. The van der Waals surface area contributed by atoms with Gasteiger partial charge in [0.2, 0.25) is 0 Å². The van der Waals surface area contributed by atoms with Crippen LogP contribution in [0, 0.1) is 0 Å². The quantitative estimate of drug-likeness (QED) is 0.456. The molecule has 0 unspecified atom stereocenters. The van der Waals surface area contributed by atoms with Gasteiger partial charge in [-0.3, -0.25) is 0 Å². The van der Waals surface area contributed by atoms with E-state index in [-0.39, 0.29) is 149 Å². The van der Waals surface area contributed by atoms with Crippen molar-refractivity contribution >= 4 is 112 Å². The normalized spacial score (nSPS) is 0. The predicted octanol–water partition coefficient (Wildman–Crippen LogP) is -1.15. The molecule has 0 aliphatic rings. The van der Waals surface area contributed by atoms with Gasteiger partial charge in [-0.05, 0) is 0 Å². The third-order valence-electron chi connectivity index (χ3n) is 0. The first-order chi connectivity index (χ1) is 0. The Balaban J connectivity index is 0. The van der Waals surface area contributed by atoms with E-state index in [0.717, 1.165) is 0 Å². The van der Waals surface area contributed by atoms with Crippen molar-refractivity contribution in [1.29, 1.82) is 0 Å². The third-order valence-corrected chi connectivity index (χ3v) is 0. The molecule has 0 saturated heterocycles. The summed E-state index contributed by atoms with van der Waals surface area (Å²) < 4.78 is 0. The molecule has 0 N–H and O–H groups in total. The van der Waals surface area contributed by atoms with Crippen LogP contribution in [0.1, 0.15) is 0 Å². The predicted molar refractivity (Wildman–Crippen MR) is 17.3 cm³/mol. The van der Waals surface area contributed by atoms with E-state index >= 15 is 0 Å². The Morgan fingerprint density at radius 3 is 1.00 bits per heavy atom. The van der Waals surface area contributed by atoms with Gasteiger partial charge in [-0.1, -0.05) is 0 Å². The summed E-state index contributed by atoms with van der Waals surface area (Å²) in [7, 11) is 0. The van der Waals surface area contributed by atoms with Gasteiger partial charge in [0.05, 0.1) is 0 Å². The summed E-state index contributed by atoms with van der Waals surface area (Å²) in [5.41, 5.74) is 0. The molecule has 0 amide bonds. The number of hydrogen-bond acceptors (Lipinski definition) is 0. The Morgan fingerprint density at radius 1 is 1.00 bits per heavy atom. The van der Waals surface area contributed by atoms with Gasteiger partial charge in [-0.2, -0.15) is 0 Å². The zero-order valence-electron chi connectivity index (χ0n) is 3.47. The van der Waals surface area contributed by atoms with Crippen LogP contribution in [0.5, 0.6) is 0 Å². The van der Waals surface area contributed by atoms with Crippen molar-refractivity contribution in [3.05, 3.63) is 0 Å². The van der Waals surface area contributed by atoms with Gasteiger partial charge in [0, 0.05) is 149 Å². The molecule has 15 valence electrons. The summed E-state index contributed by atoms with van der Waals surface area (Å²) >= 11 is 0. The van der Waals surface area contributed by atoms with Crippen molar-refractivity contribution in [1.82, 2.24) is 0 Å². The average Bonchev–Trinajstić information content (AvgIpc) is 0. The SMILES string of the molecule is [Ca].[Fe].[K].[Mg].[Zn]. The standard InChI is InChI=1S/Ca.Fe.K.Mg.Zn. The van der Waals surface area contributed by atoms with Gasteiger partial charge in [-0.25, -0.2) is 0 Å². The molecule has 0 bridgehead atoms. The summed E-state index contributed by atoms with van der Waals surface area (Å²) in [6.07, 6.45) is 0. The minimum absolute atomic E-state index is 0. The smallest absolute Gasteiger partial charge is 0 e. The molecule has 5 radical (unpaired) electrons. The van der Waals surface area contributed by atoms with Crippen LogP contribution in [-0.2, 0) is 36.5 Å². The van der Waals surface area contributed by atoms with Gasteiger partial charge in [0.15, 0.2) is 0 Å². The van der Waals surface area contributed by atoms with E-state index in [0.29, 0.717) is 0 Å². The Labute approximate surface area is 144 Å². The van der Waals surface area contributed by atoms with E-state index in [4.69, 9.17) is 0 Å². The Hall–Kier alpha value is 4.81. The first kappa shape index (κ1) is 32.9. The topological polar surface area (TPSA) is 0 Å². The van der Waals surface area contributed by atoms with Gasteiger partial charge in [0.1, 0.15) is 0 Å². The molecular weight excluding hydrogens is 225 g/mol. The van der Waals surface area contributed by atoms with E-state index in [1.165, 1.54) is 0 Å². The summed E-state index contributed by atoms with van der Waals surface area (Å²) in [5.74, 6) is 0. The maximum absolute atomic E-state index is 0. The fourth-order valence-electron chi connectivity index (χ4n) is 0. The molecule has 0 rings (SSSR count). The second-order valence-electron chi connectivity index (χ2n) is 0. The molecule has 5 heavy (non-hydrogen) atoms. The number of hydrogen-bond donors (Lipinski definition) is 0. The van der Waals surface area contributed by atoms with E-state index in [9.17, 15) is 0 Å². The van der Waals surface area contributed by atoms with Gasteiger partial charge in [-0.15, -0.1) is 0 Å². The second kappa shape index (κ2) is 23.2. The van der Waals surface area contributed by atoms with Crippen LogP contribution in [0.4, 0.5) is 0 Å². The molecule has 0 aliphatic heterocycles. The fourth-order valence-corrected chi connectivity index (χ4v) is 0. The maximum atomic E-state index is 0. The van der Waals surface area contributed by atoms with Crippen LogP contribution >= 0.6 is 0 Å². The van der Waals surface area contributed by atoms with Crippen LogP contribution in [0.25, 0.3) is 0 Å². The minimum Gasteiger partial charge on any atom is 0 e. The van der Waals surface area contributed by atoms with Crippen LogP contribution in [0.3, 0.4) is 0 Å². The first-order valence-electron chi connectivity index (χ1n) is 0. The summed E-state index contributed by atoms with van der Waals surface area (Å²) in [6.45, 7) is 0. The van der Waals surface area contributed by atoms with E-state index < -0.39 is 0 Å². The van der Waals surface area contributed by atoms with E-state index in [2.05, 4.69) is 0 Å². The Bertz CT molecular complexity index is 11.6. The van der Waals surface area contributed by atoms with Crippen LogP contribution in [0.2, 0.25) is 0 Å². The molecule has 0 atom stereocenters. The van der Waals surface area contributed by atoms with E-state index in [1.54, 1.807) is 0 Å². The van der Waals surface area contributed by atoms with Crippen molar-refractivity contribution in [2.45, 2.75) is 0 Å². The second-order valence-corrected chi connectivity index (χ2v) is 0. The van der Waals surface area contributed by atoms with Gasteiger partial charge in [0.25, 0.3) is 0 Å². The summed E-state index contributed by atoms with van der Waals surface area (Å²) in [6, 6.07) is 0. The van der Waals surface area contributed by atoms with Crippen LogP contribution in [-0.4, -0.2) is 112 Å². The average molecular weight is 225 g/mol. The monoisotopic (exact) mass is 223 g/mol. The molecular formula is CaFeKMgZn. The van der Waals surface area contributed by atoms with Crippen molar-refractivity contribution in [2.24, 2.45) is 0 Å². The zero-order chi connectivity index (χ0) is 0. The van der Waals surface area contributed by atoms with Gasteiger partial charge < -0.3 is 0 Å². The molecule has 5 heteroatoms. The molecule has 0 aromatic carbocycles. The molecule has 0 aromatic rings. The molecule has 0 saturated carbocycles. The van der Waals surface area contributed by atoms with Crippen LogP contribution in [0.15, 0.2) is 0 Å². The summed E-state index contributed by atoms with van der Waals surface area (Å²) in [5, 5.41) is 0. The van der Waals surface area contributed by atoms with Crippen molar-refractivity contribution < 1.29 is 36.5 Å². The number of rotatable bonds is 0. The third kappa shape index (κ3) is 17.7. The zero-order valence-corrected chi connectivity index (χ0v) is 14.3. The van der Waals surface area contributed by atoms with Crippen molar-refractivity contribution in [3.63, 3.8) is 0 Å². The largest absolute Gasteiger partial charge is 0 e. The Morgan fingerprint density at radius 2 is 1.00 bits per heavy atom. The molecule has 0 spiro atoms. The Kier molecular flexibility index (Phi) is 153. The molecule has 0 aromatic heterocycles. The first-order valence-corrected chi connectivity index (χ1v) is 0. The minimum atomic E-state index is 0.